The van der Waals surface area contributed by atoms with Crippen LogP contribution in [0.2, 0.25) is 0 Å². The lowest BCUT2D eigenvalue weighted by Gasteiger charge is -2.13. The van der Waals surface area contributed by atoms with Gasteiger partial charge in [-0.15, -0.1) is 0 Å². The van der Waals surface area contributed by atoms with E-state index in [0.717, 1.165) is 56.4 Å². The third kappa shape index (κ3) is 10.6. The van der Waals surface area contributed by atoms with Crippen molar-refractivity contribution in [3.63, 3.8) is 0 Å². The Morgan fingerprint density at radius 3 is 2.78 bits per heavy atom. The summed E-state index contributed by atoms with van der Waals surface area (Å²) in [4.78, 5) is 4.51. The van der Waals surface area contributed by atoms with Crippen LogP contribution in [0.3, 0.4) is 0 Å². The number of guanidine groups is 1. The van der Waals surface area contributed by atoms with Gasteiger partial charge in [0.1, 0.15) is 5.76 Å². The molecule has 23 heavy (non-hydrogen) atoms. The fourth-order valence-corrected chi connectivity index (χ4v) is 1.85. The van der Waals surface area contributed by atoms with Crippen LogP contribution in [0.25, 0.3) is 0 Å². The van der Waals surface area contributed by atoms with Gasteiger partial charge in [0.25, 0.3) is 0 Å². The SMILES string of the molecule is C=C(C)CN=C(NCCCOCC(C)C)NCCc1ccco1. The average Bonchev–Trinajstić information content (AvgIpc) is 3.00. The summed E-state index contributed by atoms with van der Waals surface area (Å²) < 4.78 is 10.9. The van der Waals surface area contributed by atoms with Crippen molar-refractivity contribution in [2.45, 2.75) is 33.6 Å². The Morgan fingerprint density at radius 2 is 2.13 bits per heavy atom. The van der Waals surface area contributed by atoms with Crippen molar-refractivity contribution in [1.29, 1.82) is 0 Å². The van der Waals surface area contributed by atoms with Gasteiger partial charge < -0.3 is 19.8 Å². The predicted molar refractivity (Wildman–Crippen MR) is 95.8 cm³/mol. The highest BCUT2D eigenvalue weighted by Crippen LogP contribution is 1.99. The summed E-state index contributed by atoms with van der Waals surface area (Å²) in [7, 11) is 0. The van der Waals surface area contributed by atoms with E-state index >= 15 is 0 Å². The molecule has 0 fully saturated rings. The Bertz CT molecular complexity index is 453. The Kier molecular flexibility index (Phi) is 9.87. The standard InChI is InChI=1S/C18H31N3O2/c1-15(2)13-21-18(19-9-6-11-22-14-16(3)4)20-10-8-17-7-5-12-23-17/h5,7,12,16H,1,6,8-11,13-14H2,2-4H3,(H2,19,20,21). The second-order valence-electron chi connectivity index (χ2n) is 6.13. The summed E-state index contributed by atoms with van der Waals surface area (Å²) in [6.07, 6.45) is 3.48. The molecule has 1 aromatic rings. The van der Waals surface area contributed by atoms with E-state index in [4.69, 9.17) is 9.15 Å². The maximum atomic E-state index is 5.58. The van der Waals surface area contributed by atoms with Crippen LogP contribution >= 0.6 is 0 Å². The van der Waals surface area contributed by atoms with Gasteiger partial charge in [-0.1, -0.05) is 26.0 Å². The predicted octanol–water partition coefficient (Wildman–Crippen LogP) is 3.00. The van der Waals surface area contributed by atoms with Crippen molar-refractivity contribution in [2.24, 2.45) is 10.9 Å². The molecule has 0 bridgehead atoms. The molecular weight excluding hydrogens is 290 g/mol. The van der Waals surface area contributed by atoms with E-state index < -0.39 is 0 Å². The highest BCUT2D eigenvalue weighted by Gasteiger charge is 2.01. The van der Waals surface area contributed by atoms with Crippen LogP contribution in [0.5, 0.6) is 0 Å². The van der Waals surface area contributed by atoms with Crippen LogP contribution in [0.15, 0.2) is 40.0 Å². The van der Waals surface area contributed by atoms with E-state index in [1.165, 1.54) is 0 Å². The highest BCUT2D eigenvalue weighted by molar-refractivity contribution is 5.79. The lowest BCUT2D eigenvalue weighted by Crippen LogP contribution is -2.39. The Labute approximate surface area is 140 Å². The minimum Gasteiger partial charge on any atom is -0.469 e. The lowest BCUT2D eigenvalue weighted by molar-refractivity contribution is 0.108. The third-order valence-corrected chi connectivity index (χ3v) is 2.96. The molecule has 5 nitrogen and oxygen atoms in total. The van der Waals surface area contributed by atoms with Gasteiger partial charge in [0.15, 0.2) is 5.96 Å². The zero-order valence-corrected chi connectivity index (χ0v) is 14.7. The van der Waals surface area contributed by atoms with E-state index in [9.17, 15) is 0 Å². The molecule has 0 saturated heterocycles. The molecule has 130 valence electrons. The molecule has 0 aromatic carbocycles. The first-order valence-corrected chi connectivity index (χ1v) is 8.34. The molecule has 1 rings (SSSR count). The monoisotopic (exact) mass is 321 g/mol. The highest BCUT2D eigenvalue weighted by atomic mass is 16.5. The maximum absolute atomic E-state index is 5.58. The molecule has 0 unspecified atom stereocenters. The minimum atomic E-state index is 0.582. The van der Waals surface area contributed by atoms with Gasteiger partial charge in [0.2, 0.25) is 0 Å². The van der Waals surface area contributed by atoms with Crippen molar-refractivity contribution in [3.05, 3.63) is 36.3 Å². The number of nitrogens with zero attached hydrogens (tertiary/aromatic N) is 1. The zero-order chi connectivity index (χ0) is 16.9. The minimum absolute atomic E-state index is 0.582. The lowest BCUT2D eigenvalue weighted by atomic mass is 10.2. The van der Waals surface area contributed by atoms with E-state index in [0.29, 0.717) is 12.5 Å². The van der Waals surface area contributed by atoms with Gasteiger partial charge >= 0.3 is 0 Å². The largest absolute Gasteiger partial charge is 0.469 e. The van der Waals surface area contributed by atoms with E-state index in [2.05, 4.69) is 36.1 Å². The summed E-state index contributed by atoms with van der Waals surface area (Å²) in [5.41, 5.74) is 1.04. The number of rotatable bonds is 11. The van der Waals surface area contributed by atoms with Crippen molar-refractivity contribution in [1.82, 2.24) is 10.6 Å². The number of nitrogens with one attached hydrogen (secondary N) is 2. The van der Waals surface area contributed by atoms with Gasteiger partial charge in [-0.3, -0.25) is 0 Å². The second-order valence-corrected chi connectivity index (χ2v) is 6.13. The molecule has 0 radical (unpaired) electrons. The molecule has 0 atom stereocenters. The molecule has 5 heteroatoms. The molecule has 0 aliphatic rings. The Balaban J connectivity index is 2.25. The smallest absolute Gasteiger partial charge is 0.191 e. The van der Waals surface area contributed by atoms with Crippen LogP contribution in [-0.4, -0.2) is 38.8 Å². The van der Waals surface area contributed by atoms with Gasteiger partial charge in [-0.05, 0) is 31.4 Å². The zero-order valence-electron chi connectivity index (χ0n) is 14.7. The van der Waals surface area contributed by atoms with E-state index in [1.807, 2.05) is 19.1 Å². The fraction of sp³-hybridized carbons (Fsp3) is 0.611. The topological polar surface area (TPSA) is 58.8 Å². The molecule has 1 heterocycles. The molecule has 0 aliphatic heterocycles. The number of aliphatic imine (C=N–C) groups is 1. The molecule has 0 spiro atoms. The fourth-order valence-electron chi connectivity index (χ4n) is 1.85. The third-order valence-electron chi connectivity index (χ3n) is 2.96. The van der Waals surface area contributed by atoms with Gasteiger partial charge in [0.05, 0.1) is 12.8 Å². The summed E-state index contributed by atoms with van der Waals surface area (Å²) >= 11 is 0. The van der Waals surface area contributed by atoms with Crippen LogP contribution in [0, 0.1) is 5.92 Å². The van der Waals surface area contributed by atoms with Crippen LogP contribution < -0.4 is 10.6 Å². The van der Waals surface area contributed by atoms with Crippen molar-refractivity contribution in [3.8, 4) is 0 Å². The molecule has 0 saturated carbocycles. The normalized spacial score (nSPS) is 11.7. The number of furan rings is 1. The number of hydrogen-bond acceptors (Lipinski definition) is 3. The first-order chi connectivity index (χ1) is 11.1. The van der Waals surface area contributed by atoms with Crippen LogP contribution in [0.4, 0.5) is 0 Å². The first kappa shape index (κ1) is 19.3. The summed E-state index contributed by atoms with van der Waals surface area (Å²) in [6, 6.07) is 3.88. The molecule has 2 N–H and O–H groups in total. The second kappa shape index (κ2) is 11.8. The summed E-state index contributed by atoms with van der Waals surface area (Å²) in [5.74, 6) is 2.36. The van der Waals surface area contributed by atoms with Gasteiger partial charge in [0, 0.05) is 32.7 Å². The Morgan fingerprint density at radius 1 is 1.35 bits per heavy atom. The van der Waals surface area contributed by atoms with Crippen molar-refractivity contribution < 1.29 is 9.15 Å². The number of hydrogen-bond donors (Lipinski definition) is 2. The van der Waals surface area contributed by atoms with Crippen LogP contribution in [0.1, 0.15) is 33.0 Å². The van der Waals surface area contributed by atoms with Gasteiger partial charge in [-0.25, -0.2) is 4.99 Å². The summed E-state index contributed by atoms with van der Waals surface area (Å²) in [6.45, 7) is 14.0. The molecule has 1 aromatic heterocycles. The average molecular weight is 321 g/mol. The quantitative estimate of drug-likeness (QED) is 0.285. The van der Waals surface area contributed by atoms with Gasteiger partial charge in [-0.2, -0.15) is 0 Å². The maximum Gasteiger partial charge on any atom is 0.191 e. The summed E-state index contributed by atoms with van der Waals surface area (Å²) in [5, 5.41) is 6.65. The molecule has 0 amide bonds. The van der Waals surface area contributed by atoms with Crippen molar-refractivity contribution in [2.75, 3.05) is 32.8 Å². The molecule has 0 aliphatic carbocycles. The van der Waals surface area contributed by atoms with E-state index in [-0.39, 0.29) is 0 Å². The van der Waals surface area contributed by atoms with Crippen molar-refractivity contribution >= 4 is 5.96 Å². The Hall–Kier alpha value is -1.75. The molecular formula is C18H31N3O2. The first-order valence-electron chi connectivity index (χ1n) is 8.34. The van der Waals surface area contributed by atoms with E-state index in [1.54, 1.807) is 6.26 Å². The van der Waals surface area contributed by atoms with Crippen LogP contribution in [-0.2, 0) is 11.2 Å². The number of ether oxygens (including phenoxy) is 1.